The van der Waals surface area contributed by atoms with Crippen LogP contribution in [0.4, 0.5) is 5.69 Å². The molecule has 2 aromatic carbocycles. The molecule has 5 nitrogen and oxygen atoms in total. The lowest BCUT2D eigenvalue weighted by Gasteiger charge is -2.16. The Balaban J connectivity index is 1.52. The van der Waals surface area contributed by atoms with Crippen LogP contribution in [-0.4, -0.2) is 22.6 Å². The summed E-state index contributed by atoms with van der Waals surface area (Å²) in [5.74, 6) is 1.03. The molecular formula is C20H18ClN3O2. The van der Waals surface area contributed by atoms with E-state index in [1.807, 2.05) is 24.3 Å². The lowest BCUT2D eigenvalue weighted by atomic mass is 10.1. The van der Waals surface area contributed by atoms with Gasteiger partial charge < -0.3 is 9.42 Å². The van der Waals surface area contributed by atoms with Crippen LogP contribution in [0.3, 0.4) is 0 Å². The van der Waals surface area contributed by atoms with Crippen LogP contribution >= 0.6 is 11.6 Å². The molecular weight excluding hydrogens is 350 g/mol. The van der Waals surface area contributed by atoms with E-state index < -0.39 is 0 Å². The fraction of sp³-hybridized carbons (Fsp3) is 0.250. The normalized spacial score (nSPS) is 17.1. The number of halogens is 1. The third kappa shape index (κ3) is 3.22. The van der Waals surface area contributed by atoms with E-state index in [1.54, 1.807) is 17.0 Å². The van der Waals surface area contributed by atoms with Crippen molar-refractivity contribution in [2.45, 2.75) is 25.7 Å². The molecule has 1 amide bonds. The average Bonchev–Trinajstić information content (AvgIpc) is 3.29. The fourth-order valence-electron chi connectivity index (χ4n) is 3.15. The lowest BCUT2D eigenvalue weighted by molar-refractivity contribution is -0.117. The van der Waals surface area contributed by atoms with Crippen LogP contribution in [0.15, 0.2) is 53.1 Å². The number of hydrogen-bond donors (Lipinski definition) is 0. The zero-order valence-corrected chi connectivity index (χ0v) is 15.1. The van der Waals surface area contributed by atoms with E-state index in [9.17, 15) is 4.79 Å². The first-order chi connectivity index (χ1) is 12.6. The molecule has 3 aromatic rings. The molecule has 0 spiro atoms. The van der Waals surface area contributed by atoms with Crippen LogP contribution in [0.1, 0.15) is 30.7 Å². The first kappa shape index (κ1) is 16.8. The van der Waals surface area contributed by atoms with Gasteiger partial charge in [-0.05, 0) is 48.4 Å². The number of anilines is 1. The summed E-state index contributed by atoms with van der Waals surface area (Å²) in [6.45, 7) is 2.65. The summed E-state index contributed by atoms with van der Waals surface area (Å²) in [5, 5.41) is 4.75. The van der Waals surface area contributed by atoms with Crippen LogP contribution in [-0.2, 0) is 11.2 Å². The number of amides is 1. The number of benzene rings is 2. The number of nitrogens with zero attached hydrogens (tertiary/aromatic N) is 3. The number of hydrogen-bond acceptors (Lipinski definition) is 4. The summed E-state index contributed by atoms with van der Waals surface area (Å²) in [6.07, 6.45) is 1.36. The van der Waals surface area contributed by atoms with Gasteiger partial charge in [0.1, 0.15) is 0 Å². The van der Waals surface area contributed by atoms with Gasteiger partial charge in [-0.25, -0.2) is 0 Å². The van der Waals surface area contributed by atoms with Crippen LogP contribution in [0.5, 0.6) is 0 Å². The Morgan fingerprint density at radius 2 is 1.88 bits per heavy atom. The Hall–Kier alpha value is -2.66. The highest BCUT2D eigenvalue weighted by atomic mass is 35.5. The Morgan fingerprint density at radius 3 is 2.58 bits per heavy atom. The molecule has 0 N–H and O–H groups in total. The Kier molecular flexibility index (Phi) is 4.47. The Labute approximate surface area is 156 Å². The number of carbonyl (C=O) groups is 1. The second-order valence-corrected chi connectivity index (χ2v) is 6.83. The molecule has 132 valence electrons. The molecule has 4 rings (SSSR count). The van der Waals surface area contributed by atoms with Gasteiger partial charge in [0.25, 0.3) is 5.89 Å². The van der Waals surface area contributed by atoms with Crippen molar-refractivity contribution >= 4 is 23.2 Å². The van der Waals surface area contributed by atoms with Crippen molar-refractivity contribution in [3.63, 3.8) is 0 Å². The number of carbonyl (C=O) groups excluding carboxylic acids is 1. The molecule has 0 bridgehead atoms. The summed E-state index contributed by atoms with van der Waals surface area (Å²) in [5.41, 5.74) is 2.98. The minimum atomic E-state index is -0.0782. The van der Waals surface area contributed by atoms with Gasteiger partial charge >= 0.3 is 0 Å². The second kappa shape index (κ2) is 6.92. The smallest absolute Gasteiger partial charge is 0.257 e. The number of rotatable bonds is 4. The van der Waals surface area contributed by atoms with Crippen molar-refractivity contribution in [2.24, 2.45) is 0 Å². The Bertz CT molecular complexity index is 919. The largest absolute Gasteiger partial charge is 0.334 e. The van der Waals surface area contributed by atoms with Crippen molar-refractivity contribution < 1.29 is 9.32 Å². The number of aryl methyl sites for hydroxylation is 1. The maximum atomic E-state index is 12.4. The lowest BCUT2D eigenvalue weighted by Crippen LogP contribution is -2.24. The zero-order valence-electron chi connectivity index (χ0n) is 14.4. The van der Waals surface area contributed by atoms with Crippen molar-refractivity contribution in [1.82, 2.24) is 10.1 Å². The molecule has 1 aliphatic rings. The van der Waals surface area contributed by atoms with Gasteiger partial charge in [0.05, 0.1) is 0 Å². The van der Waals surface area contributed by atoms with Gasteiger partial charge in [-0.2, -0.15) is 4.98 Å². The molecule has 2 heterocycles. The van der Waals surface area contributed by atoms with E-state index in [0.29, 0.717) is 29.7 Å². The molecule has 1 saturated heterocycles. The molecule has 1 unspecified atom stereocenters. The van der Waals surface area contributed by atoms with Gasteiger partial charge in [-0.3, -0.25) is 4.79 Å². The van der Waals surface area contributed by atoms with Crippen LogP contribution in [0.2, 0.25) is 5.02 Å². The van der Waals surface area contributed by atoms with Crippen LogP contribution < -0.4 is 4.90 Å². The summed E-state index contributed by atoms with van der Waals surface area (Å²) in [7, 11) is 0. The minimum absolute atomic E-state index is 0.0518. The Morgan fingerprint density at radius 1 is 1.15 bits per heavy atom. The molecule has 1 aromatic heterocycles. The summed E-state index contributed by atoms with van der Waals surface area (Å²) in [6, 6.07) is 15.3. The number of aromatic nitrogens is 2. The van der Waals surface area contributed by atoms with E-state index in [2.05, 4.69) is 29.2 Å². The van der Waals surface area contributed by atoms with Gasteiger partial charge in [-0.15, -0.1) is 0 Å². The van der Waals surface area contributed by atoms with Gasteiger partial charge in [-0.1, -0.05) is 35.8 Å². The van der Waals surface area contributed by atoms with Crippen LogP contribution in [0.25, 0.3) is 11.5 Å². The quantitative estimate of drug-likeness (QED) is 0.682. The van der Waals surface area contributed by atoms with Gasteiger partial charge in [0.2, 0.25) is 5.91 Å². The maximum absolute atomic E-state index is 12.4. The predicted molar refractivity (Wildman–Crippen MR) is 100 cm³/mol. The summed E-state index contributed by atoms with van der Waals surface area (Å²) in [4.78, 5) is 18.7. The van der Waals surface area contributed by atoms with Gasteiger partial charge in [0.15, 0.2) is 5.82 Å². The standard InChI is InChI=1S/C20H18ClN3O2/c1-2-13-3-5-14(6-4-13)20-22-19(23-26-20)15-11-18(25)24(12-15)17-9-7-16(21)8-10-17/h3-10,15H,2,11-12H2,1H3. The summed E-state index contributed by atoms with van der Waals surface area (Å²) < 4.78 is 5.42. The van der Waals surface area contributed by atoms with Crippen LogP contribution in [0, 0.1) is 0 Å². The third-order valence-electron chi connectivity index (χ3n) is 4.68. The molecule has 1 aliphatic heterocycles. The molecule has 1 atom stereocenters. The van der Waals surface area contributed by atoms with Crippen molar-refractivity contribution in [3.05, 3.63) is 64.9 Å². The van der Waals surface area contributed by atoms with Crippen molar-refractivity contribution in [3.8, 4) is 11.5 Å². The fourth-order valence-corrected chi connectivity index (χ4v) is 3.28. The average molecular weight is 368 g/mol. The molecule has 0 aliphatic carbocycles. The highest BCUT2D eigenvalue weighted by Crippen LogP contribution is 2.32. The van der Waals surface area contributed by atoms with E-state index in [-0.39, 0.29) is 11.8 Å². The predicted octanol–water partition coefficient (Wildman–Crippen LogP) is 4.47. The van der Waals surface area contributed by atoms with Gasteiger partial charge in [0, 0.05) is 35.2 Å². The SMILES string of the molecule is CCc1ccc(-c2nc(C3CC(=O)N(c4ccc(Cl)cc4)C3)no2)cc1. The molecule has 0 saturated carbocycles. The van der Waals surface area contributed by atoms with E-state index >= 15 is 0 Å². The topological polar surface area (TPSA) is 59.2 Å². The minimum Gasteiger partial charge on any atom is -0.334 e. The molecule has 0 radical (unpaired) electrons. The highest BCUT2D eigenvalue weighted by molar-refractivity contribution is 6.30. The molecule has 1 fully saturated rings. The zero-order chi connectivity index (χ0) is 18.1. The first-order valence-electron chi connectivity index (χ1n) is 8.63. The summed E-state index contributed by atoms with van der Waals surface area (Å²) >= 11 is 5.92. The van der Waals surface area contributed by atoms with Crippen molar-refractivity contribution in [2.75, 3.05) is 11.4 Å². The van der Waals surface area contributed by atoms with Crippen molar-refractivity contribution in [1.29, 1.82) is 0 Å². The highest BCUT2D eigenvalue weighted by Gasteiger charge is 2.34. The third-order valence-corrected chi connectivity index (χ3v) is 4.93. The van der Waals surface area contributed by atoms with E-state index in [1.165, 1.54) is 5.56 Å². The van der Waals surface area contributed by atoms with E-state index in [4.69, 9.17) is 16.1 Å². The first-order valence-corrected chi connectivity index (χ1v) is 9.00. The second-order valence-electron chi connectivity index (χ2n) is 6.39. The monoisotopic (exact) mass is 367 g/mol. The van der Waals surface area contributed by atoms with E-state index in [0.717, 1.165) is 17.7 Å². The molecule has 26 heavy (non-hydrogen) atoms. The maximum Gasteiger partial charge on any atom is 0.257 e. The molecule has 6 heteroatoms.